The molecule has 1 aliphatic heterocycles. The maximum atomic E-state index is 12.1. The Bertz CT molecular complexity index is 514. The quantitative estimate of drug-likeness (QED) is 0.768. The molecule has 1 fully saturated rings. The molecule has 20 heavy (non-hydrogen) atoms. The van der Waals surface area contributed by atoms with Gasteiger partial charge >= 0.3 is 12.0 Å². The van der Waals surface area contributed by atoms with E-state index in [1.807, 2.05) is 0 Å². The fraction of sp³-hybridized carbons (Fsp3) is 0.385. The summed E-state index contributed by atoms with van der Waals surface area (Å²) in [6.07, 6.45) is 0.923. The number of aromatic carboxylic acids is 1. The highest BCUT2D eigenvalue weighted by atomic mass is 79.9. The lowest BCUT2D eigenvalue weighted by atomic mass is 10.2. The second-order valence-corrected chi connectivity index (χ2v) is 5.37. The summed E-state index contributed by atoms with van der Waals surface area (Å²) in [5.41, 5.74) is 0.742. The summed E-state index contributed by atoms with van der Waals surface area (Å²) in [7, 11) is 0. The van der Waals surface area contributed by atoms with Gasteiger partial charge in [-0.15, -0.1) is 0 Å². The molecule has 7 heteroatoms. The molecule has 108 valence electrons. The number of carboxylic acid groups (broad SMARTS) is 1. The molecule has 0 aromatic heterocycles. The predicted octanol–water partition coefficient (Wildman–Crippen LogP) is 1.97. The number of urea groups is 1. The van der Waals surface area contributed by atoms with Crippen LogP contribution in [0.25, 0.3) is 0 Å². The third kappa shape index (κ3) is 3.71. The van der Waals surface area contributed by atoms with Gasteiger partial charge in [0.05, 0.1) is 11.3 Å². The zero-order chi connectivity index (χ0) is 14.5. The van der Waals surface area contributed by atoms with Gasteiger partial charge in [-0.05, 0) is 47.1 Å². The van der Waals surface area contributed by atoms with E-state index in [1.54, 1.807) is 11.0 Å². The summed E-state index contributed by atoms with van der Waals surface area (Å²) in [6.45, 7) is 3.08. The van der Waals surface area contributed by atoms with Crippen molar-refractivity contribution in [3.63, 3.8) is 0 Å². The number of hydrogen-bond donors (Lipinski definition) is 3. The van der Waals surface area contributed by atoms with Crippen molar-refractivity contribution in [2.24, 2.45) is 0 Å². The number of halogens is 1. The Morgan fingerprint density at radius 2 is 2.10 bits per heavy atom. The largest absolute Gasteiger partial charge is 0.478 e. The minimum absolute atomic E-state index is 0.169. The summed E-state index contributed by atoms with van der Waals surface area (Å²) in [5, 5.41) is 14.9. The van der Waals surface area contributed by atoms with Crippen LogP contribution in [0, 0.1) is 0 Å². The molecule has 0 saturated carbocycles. The van der Waals surface area contributed by atoms with Crippen molar-refractivity contribution < 1.29 is 14.7 Å². The molecule has 0 atom stereocenters. The molecular weight excluding hydrogens is 326 g/mol. The highest BCUT2D eigenvalue weighted by Crippen LogP contribution is 2.24. The summed E-state index contributed by atoms with van der Waals surface area (Å²) in [4.78, 5) is 24.7. The van der Waals surface area contributed by atoms with Crippen molar-refractivity contribution in [3.8, 4) is 0 Å². The van der Waals surface area contributed by atoms with Crippen molar-refractivity contribution in [3.05, 3.63) is 28.2 Å². The number of rotatable bonds is 2. The number of carbonyl (C=O) groups excluding carboxylic acids is 1. The standard InChI is InChI=1S/C13H16BrN3O3/c14-10-8-9(12(18)19)2-3-11(10)16-13(20)17-6-1-4-15-5-7-17/h2-3,8,15H,1,4-7H2,(H,16,20)(H,18,19). The lowest BCUT2D eigenvalue weighted by Gasteiger charge is -2.21. The lowest BCUT2D eigenvalue weighted by Crippen LogP contribution is -2.37. The minimum Gasteiger partial charge on any atom is -0.478 e. The molecule has 2 rings (SSSR count). The second-order valence-electron chi connectivity index (χ2n) is 4.52. The van der Waals surface area contributed by atoms with Crippen LogP contribution in [0.15, 0.2) is 22.7 Å². The zero-order valence-electron chi connectivity index (χ0n) is 10.9. The van der Waals surface area contributed by atoms with Crippen LogP contribution in [-0.4, -0.2) is 48.2 Å². The van der Waals surface area contributed by atoms with Crippen LogP contribution < -0.4 is 10.6 Å². The first-order valence-electron chi connectivity index (χ1n) is 6.37. The van der Waals surface area contributed by atoms with Crippen LogP contribution >= 0.6 is 15.9 Å². The van der Waals surface area contributed by atoms with Crippen molar-refractivity contribution in [1.82, 2.24) is 10.2 Å². The van der Waals surface area contributed by atoms with E-state index in [4.69, 9.17) is 5.11 Å². The van der Waals surface area contributed by atoms with Gasteiger partial charge in [0.1, 0.15) is 0 Å². The summed E-state index contributed by atoms with van der Waals surface area (Å²) >= 11 is 3.27. The number of hydrogen-bond acceptors (Lipinski definition) is 3. The molecule has 1 aromatic carbocycles. The highest BCUT2D eigenvalue weighted by molar-refractivity contribution is 9.10. The number of carbonyl (C=O) groups is 2. The van der Waals surface area contributed by atoms with Gasteiger partial charge in [0, 0.05) is 24.1 Å². The van der Waals surface area contributed by atoms with Gasteiger partial charge < -0.3 is 20.6 Å². The number of nitrogens with one attached hydrogen (secondary N) is 2. The first-order valence-corrected chi connectivity index (χ1v) is 7.17. The molecule has 1 aromatic rings. The maximum Gasteiger partial charge on any atom is 0.335 e. The lowest BCUT2D eigenvalue weighted by molar-refractivity contribution is 0.0697. The Balaban J connectivity index is 2.05. The average Bonchev–Trinajstić information content (AvgIpc) is 2.69. The molecule has 0 unspecified atom stereocenters. The third-order valence-corrected chi connectivity index (χ3v) is 3.74. The minimum atomic E-state index is -0.998. The van der Waals surface area contributed by atoms with Crippen LogP contribution in [0.2, 0.25) is 0 Å². The summed E-state index contributed by atoms with van der Waals surface area (Å²) < 4.78 is 0.554. The molecule has 0 radical (unpaired) electrons. The van der Waals surface area contributed by atoms with E-state index in [-0.39, 0.29) is 11.6 Å². The van der Waals surface area contributed by atoms with Crippen molar-refractivity contribution >= 4 is 33.6 Å². The van der Waals surface area contributed by atoms with E-state index in [0.717, 1.165) is 19.5 Å². The van der Waals surface area contributed by atoms with E-state index < -0.39 is 5.97 Å². The van der Waals surface area contributed by atoms with E-state index >= 15 is 0 Å². The van der Waals surface area contributed by atoms with E-state index in [2.05, 4.69) is 26.6 Å². The fourth-order valence-corrected chi connectivity index (χ4v) is 2.47. The third-order valence-electron chi connectivity index (χ3n) is 3.08. The number of anilines is 1. The Morgan fingerprint density at radius 3 is 2.80 bits per heavy atom. The molecule has 0 spiro atoms. The highest BCUT2D eigenvalue weighted by Gasteiger charge is 2.16. The number of benzene rings is 1. The molecule has 2 amide bonds. The van der Waals surface area contributed by atoms with Crippen LogP contribution in [0.4, 0.5) is 10.5 Å². The monoisotopic (exact) mass is 341 g/mol. The van der Waals surface area contributed by atoms with Crippen LogP contribution in [0.5, 0.6) is 0 Å². The molecule has 3 N–H and O–H groups in total. The molecule has 6 nitrogen and oxygen atoms in total. The van der Waals surface area contributed by atoms with E-state index in [9.17, 15) is 9.59 Å². The van der Waals surface area contributed by atoms with E-state index in [1.165, 1.54) is 12.1 Å². The summed E-state index contributed by atoms with van der Waals surface area (Å²) in [6, 6.07) is 4.35. The van der Waals surface area contributed by atoms with Crippen LogP contribution in [0.1, 0.15) is 16.8 Å². The van der Waals surface area contributed by atoms with Gasteiger partial charge in [-0.2, -0.15) is 0 Å². The van der Waals surface area contributed by atoms with E-state index in [0.29, 0.717) is 23.2 Å². The van der Waals surface area contributed by atoms with Gasteiger partial charge in [-0.3, -0.25) is 0 Å². The Hall–Kier alpha value is -1.60. The van der Waals surface area contributed by atoms with Gasteiger partial charge in [-0.25, -0.2) is 9.59 Å². The molecule has 1 saturated heterocycles. The Labute approximate surface area is 125 Å². The normalized spacial score (nSPS) is 15.6. The zero-order valence-corrected chi connectivity index (χ0v) is 12.4. The summed E-state index contributed by atoms with van der Waals surface area (Å²) in [5.74, 6) is -0.998. The van der Waals surface area contributed by atoms with Gasteiger partial charge in [0.25, 0.3) is 0 Å². The van der Waals surface area contributed by atoms with Gasteiger partial charge in [0.2, 0.25) is 0 Å². The Morgan fingerprint density at radius 1 is 1.30 bits per heavy atom. The molecule has 0 aliphatic carbocycles. The second kappa shape index (κ2) is 6.71. The predicted molar refractivity (Wildman–Crippen MR) is 79.2 cm³/mol. The van der Waals surface area contributed by atoms with Crippen molar-refractivity contribution in [1.29, 1.82) is 0 Å². The average molecular weight is 342 g/mol. The first kappa shape index (κ1) is 14.8. The van der Waals surface area contributed by atoms with Crippen molar-refractivity contribution in [2.45, 2.75) is 6.42 Å². The van der Waals surface area contributed by atoms with Crippen LogP contribution in [0.3, 0.4) is 0 Å². The molecule has 1 heterocycles. The topological polar surface area (TPSA) is 81.7 Å². The first-order chi connectivity index (χ1) is 9.58. The van der Waals surface area contributed by atoms with Gasteiger partial charge in [-0.1, -0.05) is 0 Å². The Kier molecular flexibility index (Phi) is 4.97. The molecule has 0 bridgehead atoms. The van der Waals surface area contributed by atoms with Gasteiger partial charge in [0.15, 0.2) is 0 Å². The van der Waals surface area contributed by atoms with Crippen molar-refractivity contribution in [2.75, 3.05) is 31.5 Å². The number of carboxylic acids is 1. The molecular formula is C13H16BrN3O3. The van der Waals surface area contributed by atoms with Crippen LogP contribution in [-0.2, 0) is 0 Å². The SMILES string of the molecule is O=C(O)c1ccc(NC(=O)N2CCCNCC2)c(Br)c1. The fourth-order valence-electron chi connectivity index (χ4n) is 1.99. The molecule has 1 aliphatic rings. The smallest absolute Gasteiger partial charge is 0.335 e. The number of amides is 2. The maximum absolute atomic E-state index is 12.1. The number of nitrogens with zero attached hydrogens (tertiary/aromatic N) is 1.